The highest BCUT2D eigenvalue weighted by Crippen LogP contribution is 2.47. The first-order valence-electron chi connectivity index (χ1n) is 5.59. The Balaban J connectivity index is 2.94. The fraction of sp³-hybridized carbons (Fsp3) is 0.417. The van der Waals surface area contributed by atoms with Crippen LogP contribution in [0.25, 0.3) is 0 Å². The molecule has 0 radical (unpaired) electrons. The molecule has 1 rings (SSSR count). The highest BCUT2D eigenvalue weighted by atomic mass is 19.4. The molecule has 2 nitrogen and oxygen atoms in total. The van der Waals surface area contributed by atoms with E-state index in [9.17, 15) is 39.9 Å². The molecule has 0 aliphatic carbocycles. The van der Waals surface area contributed by atoms with Crippen molar-refractivity contribution in [2.45, 2.75) is 31.0 Å². The Kier molecular flexibility index (Phi) is 4.73. The van der Waals surface area contributed by atoms with Gasteiger partial charge < -0.3 is 4.74 Å². The number of carbonyl (C=O) groups excluding carboxylic acids is 1. The summed E-state index contributed by atoms with van der Waals surface area (Å²) >= 11 is 0. The van der Waals surface area contributed by atoms with Gasteiger partial charge in [-0.3, -0.25) is 0 Å². The molecular formula is C12H8F8O2. The normalized spacial score (nSPS) is 14.6. The predicted octanol–water partition coefficient (Wildman–Crippen LogP) is 4.26. The van der Waals surface area contributed by atoms with Crippen molar-refractivity contribution in [3.63, 3.8) is 0 Å². The van der Waals surface area contributed by atoms with Crippen molar-refractivity contribution in [1.29, 1.82) is 0 Å². The van der Waals surface area contributed by atoms with E-state index in [0.29, 0.717) is 0 Å². The standard InChI is InChI=1S/C12H8F8O2/c1-6(7-2-4-8(13)5-3-7)22-9(21)10(14,15)11(16,17)12(18,19)20/h2-6H,1H3. The van der Waals surface area contributed by atoms with Crippen molar-refractivity contribution >= 4 is 5.97 Å². The zero-order valence-corrected chi connectivity index (χ0v) is 10.7. The lowest BCUT2D eigenvalue weighted by molar-refractivity contribution is -0.349. The Morgan fingerprint density at radius 2 is 1.45 bits per heavy atom. The molecule has 22 heavy (non-hydrogen) atoms. The molecule has 0 spiro atoms. The molecule has 0 heterocycles. The maximum absolute atomic E-state index is 13.0. The first kappa shape index (κ1) is 18.2. The van der Waals surface area contributed by atoms with Crippen LogP contribution >= 0.6 is 0 Å². The van der Waals surface area contributed by atoms with Crippen LogP contribution in [-0.2, 0) is 9.53 Å². The zero-order chi connectivity index (χ0) is 17.3. The number of ether oxygens (including phenoxy) is 1. The Hall–Kier alpha value is -1.87. The highest BCUT2D eigenvalue weighted by Gasteiger charge is 2.77. The summed E-state index contributed by atoms with van der Waals surface area (Å²) < 4.78 is 104. The number of esters is 1. The van der Waals surface area contributed by atoms with E-state index >= 15 is 0 Å². The molecule has 0 aliphatic rings. The van der Waals surface area contributed by atoms with E-state index in [4.69, 9.17) is 0 Å². The van der Waals surface area contributed by atoms with Crippen molar-refractivity contribution < 1.29 is 44.7 Å². The first-order valence-corrected chi connectivity index (χ1v) is 5.59. The van der Waals surface area contributed by atoms with Crippen LogP contribution in [0.4, 0.5) is 35.1 Å². The summed E-state index contributed by atoms with van der Waals surface area (Å²) in [6.07, 6.45) is -8.21. The lowest BCUT2D eigenvalue weighted by atomic mass is 10.1. The van der Waals surface area contributed by atoms with Crippen molar-refractivity contribution in [2.75, 3.05) is 0 Å². The number of rotatable bonds is 4. The fourth-order valence-electron chi connectivity index (χ4n) is 1.34. The summed E-state index contributed by atoms with van der Waals surface area (Å²) in [5.74, 6) is -16.4. The molecule has 0 saturated heterocycles. The number of halogens is 8. The maximum atomic E-state index is 13.0. The third-order valence-corrected chi connectivity index (χ3v) is 2.63. The van der Waals surface area contributed by atoms with Crippen molar-refractivity contribution in [3.05, 3.63) is 35.6 Å². The lowest BCUT2D eigenvalue weighted by Gasteiger charge is -2.27. The maximum Gasteiger partial charge on any atom is 0.460 e. The molecule has 1 unspecified atom stereocenters. The van der Waals surface area contributed by atoms with Gasteiger partial charge in [0, 0.05) is 0 Å². The second-order valence-electron chi connectivity index (χ2n) is 4.25. The third kappa shape index (κ3) is 3.30. The van der Waals surface area contributed by atoms with Gasteiger partial charge >= 0.3 is 24.0 Å². The molecule has 124 valence electrons. The summed E-state index contributed by atoms with van der Waals surface area (Å²) in [6, 6.07) is 3.71. The Morgan fingerprint density at radius 3 is 1.86 bits per heavy atom. The van der Waals surface area contributed by atoms with E-state index in [1.165, 1.54) is 0 Å². The van der Waals surface area contributed by atoms with E-state index in [0.717, 1.165) is 31.2 Å². The van der Waals surface area contributed by atoms with Gasteiger partial charge in [-0.25, -0.2) is 9.18 Å². The van der Waals surface area contributed by atoms with E-state index in [2.05, 4.69) is 4.74 Å². The topological polar surface area (TPSA) is 26.3 Å². The SMILES string of the molecule is CC(OC(=O)C(F)(F)C(F)(F)C(F)(F)F)c1ccc(F)cc1. The highest BCUT2D eigenvalue weighted by molar-refractivity contribution is 5.79. The van der Waals surface area contributed by atoms with Crippen LogP contribution in [0.3, 0.4) is 0 Å². The molecule has 0 N–H and O–H groups in total. The van der Waals surface area contributed by atoms with Crippen LogP contribution in [-0.4, -0.2) is 24.0 Å². The average Bonchev–Trinajstić information content (AvgIpc) is 2.37. The molecule has 1 atom stereocenters. The van der Waals surface area contributed by atoms with Crippen molar-refractivity contribution in [1.82, 2.24) is 0 Å². The summed E-state index contributed by atoms with van der Waals surface area (Å²) in [5.41, 5.74) is -0.0686. The molecular weight excluding hydrogens is 328 g/mol. The number of hydrogen-bond acceptors (Lipinski definition) is 2. The lowest BCUT2D eigenvalue weighted by Crippen LogP contribution is -2.56. The minimum absolute atomic E-state index is 0.0686. The van der Waals surface area contributed by atoms with Gasteiger partial charge in [0.15, 0.2) is 0 Å². The molecule has 1 aromatic carbocycles. The number of hydrogen-bond donors (Lipinski definition) is 0. The second-order valence-corrected chi connectivity index (χ2v) is 4.25. The van der Waals surface area contributed by atoms with Gasteiger partial charge in [-0.15, -0.1) is 0 Å². The van der Waals surface area contributed by atoms with Crippen LogP contribution in [0.15, 0.2) is 24.3 Å². The fourth-order valence-corrected chi connectivity index (χ4v) is 1.34. The predicted molar refractivity (Wildman–Crippen MR) is 56.9 cm³/mol. The van der Waals surface area contributed by atoms with Crippen LogP contribution in [0.5, 0.6) is 0 Å². The Labute approximate surface area is 118 Å². The zero-order valence-electron chi connectivity index (χ0n) is 10.7. The van der Waals surface area contributed by atoms with Gasteiger partial charge in [-0.05, 0) is 24.6 Å². The van der Waals surface area contributed by atoms with Crippen LogP contribution < -0.4 is 0 Å². The molecule has 0 amide bonds. The first-order chi connectivity index (χ1) is 9.80. The van der Waals surface area contributed by atoms with E-state index in [1.54, 1.807) is 0 Å². The number of carbonyl (C=O) groups is 1. The Bertz CT molecular complexity index is 535. The molecule has 1 aromatic rings. The van der Waals surface area contributed by atoms with Crippen LogP contribution in [0, 0.1) is 5.82 Å². The molecule has 0 fully saturated rings. The van der Waals surface area contributed by atoms with E-state index < -0.39 is 35.9 Å². The van der Waals surface area contributed by atoms with Crippen LogP contribution in [0.2, 0.25) is 0 Å². The molecule has 0 bridgehead atoms. The van der Waals surface area contributed by atoms with Crippen molar-refractivity contribution in [2.24, 2.45) is 0 Å². The summed E-state index contributed by atoms with van der Waals surface area (Å²) in [7, 11) is 0. The summed E-state index contributed by atoms with van der Waals surface area (Å²) in [5, 5.41) is 0. The third-order valence-electron chi connectivity index (χ3n) is 2.63. The Morgan fingerprint density at radius 1 is 1.00 bits per heavy atom. The van der Waals surface area contributed by atoms with Gasteiger partial charge in [-0.2, -0.15) is 30.7 Å². The summed E-state index contributed by atoms with van der Waals surface area (Å²) in [4.78, 5) is 11.0. The number of alkyl halides is 7. The largest absolute Gasteiger partial charge is 0.460 e. The second kappa shape index (κ2) is 5.73. The van der Waals surface area contributed by atoms with Crippen LogP contribution in [0.1, 0.15) is 18.6 Å². The molecule has 0 saturated carbocycles. The minimum atomic E-state index is -6.63. The molecule has 10 heteroatoms. The van der Waals surface area contributed by atoms with Gasteiger partial charge in [0.2, 0.25) is 0 Å². The smallest absolute Gasteiger partial charge is 0.453 e. The average molecular weight is 336 g/mol. The van der Waals surface area contributed by atoms with Gasteiger partial charge in [0.05, 0.1) is 0 Å². The minimum Gasteiger partial charge on any atom is -0.453 e. The van der Waals surface area contributed by atoms with Gasteiger partial charge in [-0.1, -0.05) is 12.1 Å². The van der Waals surface area contributed by atoms with E-state index in [-0.39, 0.29) is 5.56 Å². The number of benzene rings is 1. The van der Waals surface area contributed by atoms with E-state index in [1.807, 2.05) is 0 Å². The summed E-state index contributed by atoms with van der Waals surface area (Å²) in [6.45, 7) is 0.951. The van der Waals surface area contributed by atoms with Gasteiger partial charge in [0.1, 0.15) is 11.9 Å². The molecule has 0 aromatic heterocycles. The van der Waals surface area contributed by atoms with Gasteiger partial charge in [0.25, 0.3) is 0 Å². The molecule has 0 aliphatic heterocycles. The monoisotopic (exact) mass is 336 g/mol. The van der Waals surface area contributed by atoms with Crippen molar-refractivity contribution in [3.8, 4) is 0 Å². The quantitative estimate of drug-likeness (QED) is 0.607.